The molecule has 0 aliphatic carbocycles. The number of amides is 1. The van der Waals surface area contributed by atoms with Gasteiger partial charge in [0.2, 0.25) is 0 Å². The van der Waals surface area contributed by atoms with Gasteiger partial charge in [0.05, 0.1) is 36.2 Å². The minimum Gasteiger partial charge on any atom is -0.507 e. The molecule has 0 bridgehead atoms. The molecule has 1 saturated heterocycles. The number of hydrogen-bond acceptors (Lipinski definition) is 7. The highest BCUT2D eigenvalue weighted by molar-refractivity contribution is 6.51. The van der Waals surface area contributed by atoms with Gasteiger partial charge in [-0.1, -0.05) is 11.6 Å². The Balaban J connectivity index is 1.67. The number of anilines is 2. The molecule has 9 heteroatoms. The highest BCUT2D eigenvalue weighted by atomic mass is 35.5. The number of hydrogen-bond donors (Lipinski definition) is 1. The third-order valence-corrected chi connectivity index (χ3v) is 6.29. The average Bonchev–Trinajstić information content (AvgIpc) is 3.45. The van der Waals surface area contributed by atoms with E-state index in [1.165, 1.54) is 24.3 Å². The van der Waals surface area contributed by atoms with Gasteiger partial charge >= 0.3 is 0 Å². The fourth-order valence-corrected chi connectivity index (χ4v) is 4.53. The van der Waals surface area contributed by atoms with Crippen LogP contribution in [0.15, 0.2) is 64.8 Å². The number of carbonyl (C=O) groups excluding carboxylic acids is 2. The lowest BCUT2D eigenvalue weighted by atomic mass is 9.98. The minimum absolute atomic E-state index is 0.0776. The van der Waals surface area contributed by atoms with Gasteiger partial charge < -0.3 is 23.9 Å². The predicted octanol–water partition coefficient (Wildman–Crippen LogP) is 4.40. The van der Waals surface area contributed by atoms with Gasteiger partial charge in [-0.05, 0) is 48.5 Å². The third-order valence-electron chi connectivity index (χ3n) is 6.00. The number of aliphatic hydroxyl groups excluding tert-OH is 1. The van der Waals surface area contributed by atoms with Gasteiger partial charge in [0.15, 0.2) is 0 Å². The summed E-state index contributed by atoms with van der Waals surface area (Å²) in [4.78, 5) is 29.7. The van der Waals surface area contributed by atoms with Crippen LogP contribution in [0.1, 0.15) is 17.4 Å². The van der Waals surface area contributed by atoms with Crippen molar-refractivity contribution in [3.05, 3.63) is 76.7 Å². The summed E-state index contributed by atoms with van der Waals surface area (Å²) in [5.41, 5.74) is 1.46. The number of carbonyl (C=O) groups is 2. The van der Waals surface area contributed by atoms with Crippen molar-refractivity contribution in [2.24, 2.45) is 0 Å². The lowest BCUT2D eigenvalue weighted by molar-refractivity contribution is -0.132. The van der Waals surface area contributed by atoms with Crippen molar-refractivity contribution in [2.45, 2.75) is 6.04 Å². The van der Waals surface area contributed by atoms with E-state index in [0.717, 1.165) is 5.69 Å². The highest BCUT2D eigenvalue weighted by Crippen LogP contribution is 2.44. The molecule has 34 heavy (non-hydrogen) atoms. The van der Waals surface area contributed by atoms with Gasteiger partial charge in [0, 0.05) is 18.3 Å². The minimum atomic E-state index is -0.982. The summed E-state index contributed by atoms with van der Waals surface area (Å²) in [6.07, 6.45) is 1.45. The maximum atomic E-state index is 13.2. The van der Waals surface area contributed by atoms with Crippen LogP contribution in [-0.4, -0.2) is 44.1 Å². The Bertz CT molecular complexity index is 1320. The van der Waals surface area contributed by atoms with E-state index in [0.29, 0.717) is 41.7 Å². The van der Waals surface area contributed by atoms with E-state index in [1.54, 1.807) is 42.5 Å². The molecule has 1 aromatic heterocycles. The number of likely N-dealkylation sites (N-methyl/N-ethyl adjacent to an activating group) is 1. The van der Waals surface area contributed by atoms with Crippen LogP contribution in [0.5, 0.6) is 11.5 Å². The summed E-state index contributed by atoms with van der Waals surface area (Å²) in [7, 11) is 3.40. The Morgan fingerprint density at radius 1 is 1.18 bits per heavy atom. The molecule has 3 heterocycles. The van der Waals surface area contributed by atoms with Crippen molar-refractivity contribution in [3.63, 3.8) is 0 Å². The van der Waals surface area contributed by atoms with Crippen LogP contribution < -0.4 is 19.3 Å². The molecule has 0 spiro atoms. The predicted molar refractivity (Wildman–Crippen MR) is 127 cm³/mol. The standard InChI is InChI=1S/C25H21ClN2O6/c1-27-9-11-34-19-7-5-14(12-17(19)27)23(29)21-22(20-4-3-10-33-20)28(25(31)24(21)30)15-6-8-18(32-2)16(26)13-15/h3-8,10,12-13,22,29H,9,11H2,1-2H3/b23-21-. The largest absolute Gasteiger partial charge is 0.507 e. The number of nitrogens with zero attached hydrogens (tertiary/aromatic N) is 2. The number of halogens is 1. The maximum Gasteiger partial charge on any atom is 0.300 e. The van der Waals surface area contributed by atoms with Crippen LogP contribution in [0, 0.1) is 0 Å². The third kappa shape index (κ3) is 3.47. The van der Waals surface area contributed by atoms with E-state index in [2.05, 4.69) is 0 Å². The van der Waals surface area contributed by atoms with Crippen LogP contribution in [0.25, 0.3) is 5.76 Å². The Morgan fingerprint density at radius 3 is 2.71 bits per heavy atom. The molecule has 1 atom stereocenters. The smallest absolute Gasteiger partial charge is 0.300 e. The second-order valence-electron chi connectivity index (χ2n) is 7.96. The zero-order valence-electron chi connectivity index (χ0n) is 18.4. The molecule has 1 unspecified atom stereocenters. The molecule has 0 radical (unpaired) electrons. The van der Waals surface area contributed by atoms with Gasteiger partial charge in [-0.2, -0.15) is 0 Å². The normalized spacial score (nSPS) is 19.2. The monoisotopic (exact) mass is 480 g/mol. The summed E-state index contributed by atoms with van der Waals surface area (Å²) in [5, 5.41) is 11.6. The summed E-state index contributed by atoms with van der Waals surface area (Å²) in [6, 6.07) is 12.2. The molecular formula is C25H21ClN2O6. The number of ketones is 1. The number of methoxy groups -OCH3 is 1. The molecule has 1 amide bonds. The number of furan rings is 1. The first-order valence-corrected chi connectivity index (χ1v) is 10.9. The maximum absolute atomic E-state index is 13.2. The number of Topliss-reactive ketones (excluding diaryl/α,β-unsaturated/α-hetero) is 1. The molecule has 1 N–H and O–H groups in total. The fraction of sp³-hybridized carbons (Fsp3) is 0.200. The second-order valence-corrected chi connectivity index (χ2v) is 8.36. The van der Waals surface area contributed by atoms with Crippen molar-refractivity contribution in [2.75, 3.05) is 37.1 Å². The molecule has 1 fully saturated rings. The Morgan fingerprint density at radius 2 is 2.00 bits per heavy atom. The van der Waals surface area contributed by atoms with Crippen molar-refractivity contribution in [1.82, 2.24) is 0 Å². The zero-order valence-corrected chi connectivity index (χ0v) is 19.2. The van der Waals surface area contributed by atoms with E-state index in [-0.39, 0.29) is 16.4 Å². The number of rotatable bonds is 4. The van der Waals surface area contributed by atoms with Crippen molar-refractivity contribution in [1.29, 1.82) is 0 Å². The van der Waals surface area contributed by atoms with Crippen LogP contribution in [-0.2, 0) is 9.59 Å². The van der Waals surface area contributed by atoms with Crippen molar-refractivity contribution < 1.29 is 28.6 Å². The molecular weight excluding hydrogens is 460 g/mol. The molecule has 2 aliphatic rings. The van der Waals surface area contributed by atoms with E-state index in [1.807, 2.05) is 11.9 Å². The fourth-order valence-electron chi connectivity index (χ4n) is 4.27. The first-order chi connectivity index (χ1) is 16.4. The summed E-state index contributed by atoms with van der Waals surface area (Å²) < 4.78 is 16.5. The molecule has 2 aliphatic heterocycles. The Kier molecular flexibility index (Phi) is 5.45. The number of aliphatic hydroxyl groups is 1. The summed E-state index contributed by atoms with van der Waals surface area (Å²) >= 11 is 6.29. The lowest BCUT2D eigenvalue weighted by Crippen LogP contribution is -2.29. The van der Waals surface area contributed by atoms with E-state index < -0.39 is 17.7 Å². The highest BCUT2D eigenvalue weighted by Gasteiger charge is 2.48. The lowest BCUT2D eigenvalue weighted by Gasteiger charge is -2.28. The molecule has 0 saturated carbocycles. The number of fused-ring (bicyclic) bond motifs is 1. The molecule has 2 aromatic carbocycles. The molecule has 8 nitrogen and oxygen atoms in total. The quantitative estimate of drug-likeness (QED) is 0.336. The summed E-state index contributed by atoms with van der Waals surface area (Å²) in [5.74, 6) is -0.497. The Labute approximate surface area is 200 Å². The zero-order chi connectivity index (χ0) is 24.0. The van der Waals surface area contributed by atoms with E-state index >= 15 is 0 Å². The van der Waals surface area contributed by atoms with Gasteiger partial charge in [0.1, 0.15) is 35.7 Å². The van der Waals surface area contributed by atoms with Crippen LogP contribution in [0.4, 0.5) is 11.4 Å². The second kappa shape index (κ2) is 8.46. The van der Waals surface area contributed by atoms with E-state index in [9.17, 15) is 14.7 Å². The first kappa shape index (κ1) is 21.9. The van der Waals surface area contributed by atoms with Crippen molar-refractivity contribution >= 4 is 40.4 Å². The first-order valence-electron chi connectivity index (χ1n) is 10.6. The average molecular weight is 481 g/mol. The van der Waals surface area contributed by atoms with Crippen LogP contribution in [0.2, 0.25) is 5.02 Å². The topological polar surface area (TPSA) is 92.5 Å². The SMILES string of the molecule is COc1ccc(N2C(=O)C(=O)/C(=C(\O)c3ccc4c(c3)N(C)CCO4)C2c2ccco2)cc1Cl. The van der Waals surface area contributed by atoms with E-state index in [4.69, 9.17) is 25.5 Å². The number of ether oxygens (including phenoxy) is 2. The summed E-state index contributed by atoms with van der Waals surface area (Å²) in [6.45, 7) is 1.25. The number of benzene rings is 2. The molecule has 174 valence electrons. The Hall–Kier alpha value is -3.91. The molecule has 5 rings (SSSR count). The van der Waals surface area contributed by atoms with Crippen LogP contribution in [0.3, 0.4) is 0 Å². The van der Waals surface area contributed by atoms with Gasteiger partial charge in [-0.3, -0.25) is 14.5 Å². The van der Waals surface area contributed by atoms with Gasteiger partial charge in [0.25, 0.3) is 11.7 Å². The van der Waals surface area contributed by atoms with Crippen molar-refractivity contribution in [3.8, 4) is 11.5 Å². The van der Waals surface area contributed by atoms with Gasteiger partial charge in [-0.15, -0.1) is 0 Å². The molecule has 3 aromatic rings. The van der Waals surface area contributed by atoms with Gasteiger partial charge in [-0.25, -0.2) is 0 Å². The van der Waals surface area contributed by atoms with Crippen LogP contribution >= 0.6 is 11.6 Å².